The van der Waals surface area contributed by atoms with Crippen LogP contribution in [0.1, 0.15) is 0 Å². The van der Waals surface area contributed by atoms with Crippen LogP contribution in [0.15, 0.2) is 60.9 Å². The Morgan fingerprint density at radius 2 is 1.82 bits per heavy atom. The molecule has 0 saturated carbocycles. The maximum atomic E-state index is 9.54. The van der Waals surface area contributed by atoms with Gasteiger partial charge in [-0.25, -0.2) is 4.98 Å². The Bertz CT molecular complexity index is 948. The summed E-state index contributed by atoms with van der Waals surface area (Å²) in [5.41, 5.74) is 4.21. The monoisotopic (exact) mass is 289 g/mol. The molecule has 4 heteroatoms. The Labute approximate surface area is 127 Å². The number of aromatic hydroxyl groups is 1. The van der Waals surface area contributed by atoms with E-state index in [2.05, 4.69) is 22.1 Å². The lowest BCUT2D eigenvalue weighted by atomic mass is 10.0. The second kappa shape index (κ2) is 4.77. The molecule has 0 unspecified atom stereocenters. The van der Waals surface area contributed by atoms with Crippen LogP contribution in [0.3, 0.4) is 0 Å². The van der Waals surface area contributed by atoms with Crippen molar-refractivity contribution in [3.05, 3.63) is 60.9 Å². The molecule has 2 N–H and O–H groups in total. The second-order valence-electron chi connectivity index (χ2n) is 5.33. The van der Waals surface area contributed by atoms with Gasteiger partial charge in [-0.2, -0.15) is 0 Å². The summed E-state index contributed by atoms with van der Waals surface area (Å²) in [5, 5.41) is 10.7. The van der Waals surface area contributed by atoms with Crippen LogP contribution in [0.5, 0.6) is 5.75 Å². The summed E-state index contributed by atoms with van der Waals surface area (Å²) in [4.78, 5) is 7.94. The van der Waals surface area contributed by atoms with Gasteiger partial charge in [-0.05, 0) is 23.8 Å². The lowest BCUT2D eigenvalue weighted by Gasteiger charge is -2.06. The van der Waals surface area contributed by atoms with E-state index in [1.807, 2.05) is 42.1 Å². The molecule has 0 aliphatic rings. The minimum atomic E-state index is 0.266. The third-order valence-electron chi connectivity index (χ3n) is 3.91. The molecule has 4 aromatic rings. The summed E-state index contributed by atoms with van der Waals surface area (Å²) in [6, 6.07) is 15.5. The molecule has 0 spiro atoms. The molecular formula is C18H15N3O. The Kier molecular flexibility index (Phi) is 2.76. The highest BCUT2D eigenvalue weighted by Gasteiger charge is 2.17. The third kappa shape index (κ3) is 1.89. The minimum Gasteiger partial charge on any atom is -0.508 e. The Morgan fingerprint density at radius 1 is 1.05 bits per heavy atom. The van der Waals surface area contributed by atoms with Gasteiger partial charge in [0, 0.05) is 35.9 Å². The molecular weight excluding hydrogens is 274 g/mol. The predicted molar refractivity (Wildman–Crippen MR) is 87.6 cm³/mol. The standard InChI is InChI=1S/C18H15N3O/c1-21-11-10-19-18(21)17-16(12-6-8-13(22)9-7-12)14-4-2-3-5-15(14)20-17/h2-11,20,22H,1H3. The van der Waals surface area contributed by atoms with Gasteiger partial charge in [-0.15, -0.1) is 0 Å². The molecule has 0 saturated heterocycles. The van der Waals surface area contributed by atoms with E-state index < -0.39 is 0 Å². The first-order chi connectivity index (χ1) is 10.7. The van der Waals surface area contributed by atoms with Crippen LogP contribution in [-0.4, -0.2) is 19.6 Å². The maximum Gasteiger partial charge on any atom is 0.156 e. The topological polar surface area (TPSA) is 53.8 Å². The molecule has 4 rings (SSSR count). The first kappa shape index (κ1) is 12.7. The highest BCUT2D eigenvalue weighted by atomic mass is 16.3. The maximum absolute atomic E-state index is 9.54. The van der Waals surface area contributed by atoms with Crippen molar-refractivity contribution < 1.29 is 5.11 Å². The van der Waals surface area contributed by atoms with E-state index in [4.69, 9.17) is 0 Å². The number of imidazole rings is 1. The van der Waals surface area contributed by atoms with Gasteiger partial charge in [0.05, 0.1) is 5.69 Å². The van der Waals surface area contributed by atoms with E-state index in [9.17, 15) is 5.11 Å². The van der Waals surface area contributed by atoms with Gasteiger partial charge in [-0.3, -0.25) is 0 Å². The molecule has 0 fully saturated rings. The zero-order valence-corrected chi connectivity index (χ0v) is 12.1. The fourth-order valence-corrected chi connectivity index (χ4v) is 2.84. The number of aromatic nitrogens is 3. The average Bonchev–Trinajstić information content (AvgIpc) is 3.11. The molecule has 0 radical (unpaired) electrons. The van der Waals surface area contributed by atoms with Gasteiger partial charge in [0.1, 0.15) is 5.75 Å². The van der Waals surface area contributed by atoms with E-state index in [0.717, 1.165) is 33.5 Å². The van der Waals surface area contributed by atoms with Crippen molar-refractivity contribution in [3.8, 4) is 28.4 Å². The second-order valence-corrected chi connectivity index (χ2v) is 5.33. The minimum absolute atomic E-state index is 0.266. The van der Waals surface area contributed by atoms with E-state index in [1.54, 1.807) is 18.3 Å². The smallest absolute Gasteiger partial charge is 0.156 e. The molecule has 2 heterocycles. The molecule has 0 atom stereocenters. The van der Waals surface area contributed by atoms with Crippen molar-refractivity contribution in [2.75, 3.05) is 0 Å². The molecule has 0 aliphatic carbocycles. The average molecular weight is 289 g/mol. The molecule has 22 heavy (non-hydrogen) atoms. The number of fused-ring (bicyclic) bond motifs is 1. The van der Waals surface area contributed by atoms with Crippen molar-refractivity contribution in [1.29, 1.82) is 0 Å². The lowest BCUT2D eigenvalue weighted by Crippen LogP contribution is -1.93. The number of aryl methyl sites for hydroxylation is 1. The number of rotatable bonds is 2. The molecule has 2 aromatic carbocycles. The Hall–Kier alpha value is -3.01. The molecule has 0 amide bonds. The summed E-state index contributed by atoms with van der Waals surface area (Å²) in [6.45, 7) is 0. The molecule has 108 valence electrons. The van der Waals surface area contributed by atoms with E-state index in [-0.39, 0.29) is 5.75 Å². The van der Waals surface area contributed by atoms with Crippen molar-refractivity contribution in [2.45, 2.75) is 0 Å². The molecule has 0 aliphatic heterocycles. The van der Waals surface area contributed by atoms with Crippen LogP contribution in [-0.2, 0) is 7.05 Å². The predicted octanol–water partition coefficient (Wildman–Crippen LogP) is 3.94. The van der Waals surface area contributed by atoms with Gasteiger partial charge < -0.3 is 14.7 Å². The number of para-hydroxylation sites is 1. The SMILES string of the molecule is Cn1ccnc1-c1[nH]c2ccccc2c1-c1ccc(O)cc1. The van der Waals surface area contributed by atoms with Crippen molar-refractivity contribution in [1.82, 2.24) is 14.5 Å². The van der Waals surface area contributed by atoms with Crippen LogP contribution < -0.4 is 0 Å². The van der Waals surface area contributed by atoms with Crippen LogP contribution in [0.4, 0.5) is 0 Å². The quantitative estimate of drug-likeness (QED) is 0.587. The Morgan fingerprint density at radius 3 is 2.55 bits per heavy atom. The van der Waals surface area contributed by atoms with Crippen LogP contribution in [0.25, 0.3) is 33.5 Å². The van der Waals surface area contributed by atoms with E-state index in [0.29, 0.717) is 0 Å². The number of nitrogens with one attached hydrogen (secondary N) is 1. The van der Waals surface area contributed by atoms with Crippen LogP contribution in [0.2, 0.25) is 0 Å². The summed E-state index contributed by atoms with van der Waals surface area (Å²) in [7, 11) is 1.98. The summed E-state index contributed by atoms with van der Waals surface area (Å²) in [5.74, 6) is 1.15. The normalized spacial score (nSPS) is 11.1. The molecule has 2 aromatic heterocycles. The van der Waals surface area contributed by atoms with Crippen LogP contribution in [0, 0.1) is 0 Å². The number of hydrogen-bond acceptors (Lipinski definition) is 2. The van der Waals surface area contributed by atoms with Crippen molar-refractivity contribution >= 4 is 10.9 Å². The largest absolute Gasteiger partial charge is 0.508 e. The first-order valence-corrected chi connectivity index (χ1v) is 7.12. The number of phenols is 1. The number of nitrogens with zero attached hydrogens (tertiary/aromatic N) is 2. The van der Waals surface area contributed by atoms with Gasteiger partial charge in [-0.1, -0.05) is 30.3 Å². The van der Waals surface area contributed by atoms with Crippen molar-refractivity contribution in [3.63, 3.8) is 0 Å². The highest BCUT2D eigenvalue weighted by Crippen LogP contribution is 2.37. The Balaban J connectivity index is 2.06. The first-order valence-electron chi connectivity index (χ1n) is 7.12. The van der Waals surface area contributed by atoms with Gasteiger partial charge in [0.2, 0.25) is 0 Å². The third-order valence-corrected chi connectivity index (χ3v) is 3.91. The lowest BCUT2D eigenvalue weighted by molar-refractivity contribution is 0.475. The summed E-state index contributed by atoms with van der Waals surface area (Å²) >= 11 is 0. The highest BCUT2D eigenvalue weighted by molar-refractivity contribution is 6.03. The number of aromatic amines is 1. The number of benzene rings is 2. The zero-order chi connectivity index (χ0) is 15.1. The number of H-pyrrole nitrogens is 1. The van der Waals surface area contributed by atoms with E-state index in [1.165, 1.54) is 0 Å². The number of hydrogen-bond donors (Lipinski definition) is 2. The fourth-order valence-electron chi connectivity index (χ4n) is 2.84. The van der Waals surface area contributed by atoms with Crippen LogP contribution >= 0.6 is 0 Å². The molecule has 4 nitrogen and oxygen atoms in total. The van der Waals surface area contributed by atoms with E-state index >= 15 is 0 Å². The van der Waals surface area contributed by atoms with Gasteiger partial charge in [0.15, 0.2) is 5.82 Å². The van der Waals surface area contributed by atoms with Gasteiger partial charge >= 0.3 is 0 Å². The van der Waals surface area contributed by atoms with Gasteiger partial charge in [0.25, 0.3) is 0 Å². The summed E-state index contributed by atoms with van der Waals surface area (Å²) < 4.78 is 1.99. The van der Waals surface area contributed by atoms with Crippen molar-refractivity contribution in [2.24, 2.45) is 7.05 Å². The summed E-state index contributed by atoms with van der Waals surface area (Å²) in [6.07, 6.45) is 3.73. The molecule has 0 bridgehead atoms. The fraction of sp³-hybridized carbons (Fsp3) is 0.0556. The zero-order valence-electron chi connectivity index (χ0n) is 12.1. The number of phenolic OH excluding ortho intramolecular Hbond substituents is 1.